The van der Waals surface area contributed by atoms with Crippen LogP contribution >= 0.6 is 0 Å². The van der Waals surface area contributed by atoms with Gasteiger partial charge in [-0.1, -0.05) is 42.3 Å². The Morgan fingerprint density at radius 2 is 1.80 bits per heavy atom. The van der Waals surface area contributed by atoms with Crippen molar-refractivity contribution in [3.63, 3.8) is 0 Å². The monoisotopic (exact) mass is 360 g/mol. The van der Waals surface area contributed by atoms with Gasteiger partial charge in [-0.3, -0.25) is 0 Å². The average Bonchev–Trinajstić information content (AvgIpc) is 2.43. The van der Waals surface area contributed by atoms with Gasteiger partial charge in [0.1, 0.15) is 0 Å². The van der Waals surface area contributed by atoms with Crippen molar-refractivity contribution in [3.05, 3.63) is 52.1 Å². The van der Waals surface area contributed by atoms with Crippen molar-refractivity contribution in [2.45, 2.75) is 50.7 Å². The molecular formula is C20H24O4S. The Morgan fingerprint density at radius 1 is 1.16 bits per heavy atom. The molecule has 0 saturated carbocycles. The first-order valence-electron chi connectivity index (χ1n) is 8.32. The number of carbonyl (C=O) groups excluding carboxylic acids is 1. The molecule has 0 amide bonds. The highest BCUT2D eigenvalue weighted by atomic mass is 32.2. The summed E-state index contributed by atoms with van der Waals surface area (Å²) in [5.74, 6) is -0.710. The number of sulfone groups is 1. The molecule has 3 rings (SSSR count). The van der Waals surface area contributed by atoms with Gasteiger partial charge in [-0.15, -0.1) is 0 Å². The average molecular weight is 360 g/mol. The molecule has 0 bridgehead atoms. The van der Waals surface area contributed by atoms with Crippen LogP contribution in [0.25, 0.3) is 0 Å². The lowest BCUT2D eigenvalue weighted by atomic mass is 9.65. The molecule has 4 nitrogen and oxygen atoms in total. The van der Waals surface area contributed by atoms with Crippen LogP contribution in [0.5, 0.6) is 0 Å². The van der Waals surface area contributed by atoms with E-state index in [1.165, 1.54) is 7.11 Å². The minimum Gasteiger partial charge on any atom is -0.468 e. The van der Waals surface area contributed by atoms with Crippen LogP contribution in [0.1, 0.15) is 37.5 Å². The number of rotatable bonds is 1. The van der Waals surface area contributed by atoms with Gasteiger partial charge < -0.3 is 4.74 Å². The van der Waals surface area contributed by atoms with Crippen molar-refractivity contribution in [1.82, 2.24) is 0 Å². The summed E-state index contributed by atoms with van der Waals surface area (Å²) < 4.78 is 31.0. The molecule has 1 aliphatic carbocycles. The molecule has 2 atom stereocenters. The predicted molar refractivity (Wildman–Crippen MR) is 97.2 cm³/mol. The van der Waals surface area contributed by atoms with Gasteiger partial charge in [-0.05, 0) is 50.8 Å². The second-order valence-electron chi connectivity index (χ2n) is 7.56. The van der Waals surface area contributed by atoms with Crippen molar-refractivity contribution in [3.8, 4) is 0 Å². The summed E-state index contributed by atoms with van der Waals surface area (Å²) in [4.78, 5) is 13.3. The Hall–Kier alpha value is -1.88. The third kappa shape index (κ3) is 2.05. The van der Waals surface area contributed by atoms with E-state index in [1.54, 1.807) is 19.9 Å². The largest absolute Gasteiger partial charge is 0.468 e. The van der Waals surface area contributed by atoms with Crippen LogP contribution < -0.4 is 0 Å². The molecule has 0 saturated heterocycles. The number of aryl methyl sites for hydroxylation is 2. The lowest BCUT2D eigenvalue weighted by Gasteiger charge is -2.50. The first kappa shape index (κ1) is 17.9. The molecule has 2 aliphatic rings. The molecule has 0 N–H and O–H groups in total. The minimum absolute atomic E-state index is 0.279. The number of hydrogen-bond donors (Lipinski definition) is 0. The highest BCUT2D eigenvalue weighted by molar-refractivity contribution is 7.94. The van der Waals surface area contributed by atoms with Crippen LogP contribution in [0.15, 0.2) is 40.3 Å². The van der Waals surface area contributed by atoms with Crippen LogP contribution in [-0.2, 0) is 25.8 Å². The van der Waals surface area contributed by atoms with E-state index in [0.29, 0.717) is 17.6 Å². The van der Waals surface area contributed by atoms with Crippen LogP contribution in [-0.4, -0.2) is 26.2 Å². The maximum Gasteiger partial charge on any atom is 0.332 e. The van der Waals surface area contributed by atoms with E-state index < -0.39 is 26.0 Å². The third-order valence-corrected chi connectivity index (χ3v) is 8.43. The summed E-state index contributed by atoms with van der Waals surface area (Å²) in [5.41, 5.74) is 3.06. The van der Waals surface area contributed by atoms with Crippen LogP contribution in [0.2, 0.25) is 0 Å². The van der Waals surface area contributed by atoms with E-state index in [9.17, 15) is 13.2 Å². The Labute approximate surface area is 149 Å². The number of hydrogen-bond acceptors (Lipinski definition) is 4. The summed E-state index contributed by atoms with van der Waals surface area (Å²) >= 11 is 0. The van der Waals surface area contributed by atoms with E-state index in [4.69, 9.17) is 4.74 Å². The topological polar surface area (TPSA) is 60.4 Å². The van der Waals surface area contributed by atoms with Gasteiger partial charge in [0.15, 0.2) is 9.84 Å². The van der Waals surface area contributed by atoms with Crippen LogP contribution in [0.4, 0.5) is 0 Å². The first-order valence-corrected chi connectivity index (χ1v) is 9.81. The summed E-state index contributed by atoms with van der Waals surface area (Å²) in [5, 5.41) is 0. The molecule has 0 spiro atoms. The Balaban J connectivity index is 2.51. The number of esters is 1. The zero-order valence-corrected chi connectivity index (χ0v) is 16.4. The summed E-state index contributed by atoms with van der Waals surface area (Å²) in [6, 6.07) is 3.77. The number of carbonyl (C=O) groups is 1. The normalized spacial score (nSPS) is 29.8. The smallest absolute Gasteiger partial charge is 0.332 e. The molecule has 25 heavy (non-hydrogen) atoms. The van der Waals surface area contributed by atoms with E-state index in [2.05, 4.69) is 0 Å². The predicted octanol–water partition coefficient (Wildman–Crippen LogP) is 3.46. The van der Waals surface area contributed by atoms with Gasteiger partial charge in [0, 0.05) is 5.41 Å². The van der Waals surface area contributed by atoms with Gasteiger partial charge in [0.25, 0.3) is 0 Å². The molecule has 1 aliphatic heterocycles. The maximum atomic E-state index is 13.8. The Morgan fingerprint density at radius 3 is 2.40 bits per heavy atom. The molecule has 0 aromatic heterocycles. The van der Waals surface area contributed by atoms with Crippen molar-refractivity contribution < 1.29 is 17.9 Å². The summed E-state index contributed by atoms with van der Waals surface area (Å²) in [6.45, 7) is 9.25. The zero-order valence-electron chi connectivity index (χ0n) is 15.6. The fourth-order valence-corrected chi connectivity index (χ4v) is 7.78. The maximum absolute atomic E-state index is 13.8. The standard InChI is InChI=1S/C20H24O4S/c1-12-7-14(3)17-16(9-12)11-19(5)10-13(2)8-15(4)20(19,18(21)24-6)25(17,22)23/h7-10H,11H2,1-6H3/t19-,20+/m0/s1. The molecule has 1 aromatic rings. The van der Waals surface area contributed by atoms with Gasteiger partial charge in [-0.25, -0.2) is 13.2 Å². The number of fused-ring (bicyclic) bond motifs is 2. The van der Waals surface area contributed by atoms with Crippen LogP contribution in [0, 0.1) is 19.3 Å². The molecule has 0 radical (unpaired) electrons. The SMILES string of the molecule is COC(=O)[C@]12C(C)=CC(C)=C[C@@]1(C)Cc1cc(C)cc(C)c1S2(=O)=O. The number of ether oxygens (including phenoxy) is 1. The Bertz CT molecular complexity index is 952. The van der Waals surface area contributed by atoms with E-state index in [1.807, 2.05) is 39.0 Å². The van der Waals surface area contributed by atoms with Gasteiger partial charge in [0.2, 0.25) is 4.75 Å². The minimum atomic E-state index is -3.98. The summed E-state index contributed by atoms with van der Waals surface area (Å²) in [6.07, 6.45) is 4.17. The first-order chi connectivity index (χ1) is 11.5. The molecule has 134 valence electrons. The lowest BCUT2D eigenvalue weighted by Crippen LogP contribution is -2.63. The van der Waals surface area contributed by atoms with Gasteiger partial charge in [0.05, 0.1) is 12.0 Å². The van der Waals surface area contributed by atoms with E-state index in [0.717, 1.165) is 16.7 Å². The number of benzene rings is 1. The molecule has 5 heteroatoms. The fraction of sp³-hybridized carbons (Fsp3) is 0.450. The quantitative estimate of drug-likeness (QED) is 0.720. The second-order valence-corrected chi connectivity index (χ2v) is 9.58. The molecule has 1 aromatic carbocycles. The van der Waals surface area contributed by atoms with Crippen molar-refractivity contribution in [1.29, 1.82) is 0 Å². The third-order valence-electron chi connectivity index (χ3n) is 5.55. The van der Waals surface area contributed by atoms with E-state index in [-0.39, 0.29) is 4.90 Å². The van der Waals surface area contributed by atoms with Crippen LogP contribution in [0.3, 0.4) is 0 Å². The van der Waals surface area contributed by atoms with Crippen molar-refractivity contribution in [2.75, 3.05) is 7.11 Å². The number of methoxy groups -OCH3 is 1. The zero-order chi connectivity index (χ0) is 18.8. The van der Waals surface area contributed by atoms with Crippen molar-refractivity contribution >= 4 is 15.8 Å². The summed E-state index contributed by atoms with van der Waals surface area (Å²) in [7, 11) is -2.73. The molecule has 0 unspecified atom stereocenters. The highest BCUT2D eigenvalue weighted by Crippen LogP contribution is 2.57. The lowest BCUT2D eigenvalue weighted by molar-refractivity contribution is -0.145. The fourth-order valence-electron chi connectivity index (χ4n) is 4.99. The molecule has 0 fully saturated rings. The van der Waals surface area contributed by atoms with Crippen molar-refractivity contribution in [2.24, 2.45) is 5.41 Å². The second kappa shape index (κ2) is 5.31. The van der Waals surface area contributed by atoms with Gasteiger partial charge in [-0.2, -0.15) is 0 Å². The number of allylic oxidation sites excluding steroid dienone is 3. The Kier molecular flexibility index (Phi) is 3.81. The molecule has 1 heterocycles. The molecular weight excluding hydrogens is 336 g/mol. The van der Waals surface area contributed by atoms with Gasteiger partial charge >= 0.3 is 5.97 Å². The highest BCUT2D eigenvalue weighted by Gasteiger charge is 2.68. The van der Waals surface area contributed by atoms with E-state index >= 15 is 0 Å².